The topological polar surface area (TPSA) is 130 Å². The molecular formula is C43H65NO7S. The van der Waals surface area contributed by atoms with Gasteiger partial charge in [0.2, 0.25) is 11.7 Å². The number of amides is 1. The van der Waals surface area contributed by atoms with E-state index < -0.39 is 17.5 Å². The number of rotatable bonds is 15. The van der Waals surface area contributed by atoms with Crippen molar-refractivity contribution in [2.45, 2.75) is 161 Å². The highest BCUT2D eigenvalue weighted by atomic mass is 32.2. The quantitative estimate of drug-likeness (QED) is 0.0870. The first kappa shape index (κ1) is 42.3. The number of hydrogen-bond donors (Lipinski definition) is 3. The lowest BCUT2D eigenvalue weighted by Crippen LogP contribution is -2.32. The van der Waals surface area contributed by atoms with Crippen LogP contribution in [0.4, 0.5) is 0 Å². The van der Waals surface area contributed by atoms with Crippen LogP contribution in [-0.2, 0) is 23.9 Å². The van der Waals surface area contributed by atoms with Gasteiger partial charge in [0.15, 0.2) is 5.76 Å². The Hall–Kier alpha value is -2.49. The van der Waals surface area contributed by atoms with Crippen LogP contribution in [0.15, 0.2) is 46.3 Å². The summed E-state index contributed by atoms with van der Waals surface area (Å²) in [5.41, 5.74) is 3.20. The summed E-state index contributed by atoms with van der Waals surface area (Å²) in [5, 5.41) is 24.8. The second-order valence-corrected chi connectivity index (χ2v) is 17.6. The Kier molecular flexibility index (Phi) is 16.5. The summed E-state index contributed by atoms with van der Waals surface area (Å²) >= 11 is 1.97. The van der Waals surface area contributed by atoms with Crippen LogP contribution >= 0.6 is 11.8 Å². The number of esters is 1. The van der Waals surface area contributed by atoms with E-state index in [4.69, 9.17) is 4.74 Å². The molecule has 0 aromatic rings. The second kappa shape index (κ2) is 20.3. The van der Waals surface area contributed by atoms with Crippen molar-refractivity contribution in [2.75, 3.05) is 12.4 Å². The Labute approximate surface area is 316 Å². The van der Waals surface area contributed by atoms with Gasteiger partial charge in [0.1, 0.15) is 5.78 Å². The highest BCUT2D eigenvalue weighted by molar-refractivity contribution is 8.00. The summed E-state index contributed by atoms with van der Waals surface area (Å²) in [6.07, 6.45) is 18.2. The van der Waals surface area contributed by atoms with Gasteiger partial charge < -0.3 is 20.3 Å². The van der Waals surface area contributed by atoms with Crippen LogP contribution in [0.1, 0.15) is 144 Å². The molecule has 3 N–H and O–H groups in total. The largest absolute Gasteiger partial charge is 0.423 e. The smallest absolute Gasteiger partial charge is 0.311 e. The van der Waals surface area contributed by atoms with E-state index in [0.29, 0.717) is 73.5 Å². The molecular weight excluding hydrogens is 675 g/mol. The maximum absolute atomic E-state index is 14.2. The van der Waals surface area contributed by atoms with Crippen LogP contribution in [-0.4, -0.2) is 63.4 Å². The van der Waals surface area contributed by atoms with Gasteiger partial charge in [0, 0.05) is 72.5 Å². The summed E-state index contributed by atoms with van der Waals surface area (Å²) in [6, 6.07) is 0.342. The van der Waals surface area contributed by atoms with E-state index in [-0.39, 0.29) is 42.3 Å². The number of unbranched alkanes of at least 4 members (excludes halogenated alkanes) is 4. The fourth-order valence-electron chi connectivity index (χ4n) is 8.45. The lowest BCUT2D eigenvalue weighted by atomic mass is 9.70. The van der Waals surface area contributed by atoms with E-state index in [1.165, 1.54) is 11.1 Å². The van der Waals surface area contributed by atoms with Crippen LogP contribution < -0.4 is 5.32 Å². The number of allylic oxidation sites excluding steroid dienone is 6. The molecule has 4 aliphatic rings. The van der Waals surface area contributed by atoms with Gasteiger partial charge in [-0.15, -0.1) is 0 Å². The molecule has 0 bridgehead atoms. The number of carbonyl (C=O) groups is 4. The second-order valence-electron chi connectivity index (χ2n) is 16.3. The van der Waals surface area contributed by atoms with Crippen LogP contribution in [0.2, 0.25) is 0 Å². The number of thioether (sulfide) groups is 1. The van der Waals surface area contributed by atoms with Gasteiger partial charge in [-0.1, -0.05) is 62.5 Å². The molecule has 0 saturated carbocycles. The van der Waals surface area contributed by atoms with Crippen molar-refractivity contribution in [1.29, 1.82) is 0 Å². The predicted molar refractivity (Wildman–Crippen MR) is 208 cm³/mol. The zero-order valence-electron chi connectivity index (χ0n) is 32.5. The highest BCUT2D eigenvalue weighted by Gasteiger charge is 2.53. The minimum Gasteiger partial charge on any atom is -0.423 e. The number of Topliss-reactive ketones (excluding diaryl/α,β-unsaturated/α-hetero) is 2. The monoisotopic (exact) mass is 739 g/mol. The minimum absolute atomic E-state index is 0.0988. The van der Waals surface area contributed by atoms with Crippen LogP contribution in [0.25, 0.3) is 0 Å². The third-order valence-corrected chi connectivity index (χ3v) is 13.7. The van der Waals surface area contributed by atoms with Gasteiger partial charge in [-0.05, 0) is 96.1 Å². The Morgan fingerprint density at radius 2 is 1.67 bits per heavy atom. The van der Waals surface area contributed by atoms with Crippen molar-refractivity contribution in [1.82, 2.24) is 5.32 Å². The van der Waals surface area contributed by atoms with Crippen LogP contribution in [0, 0.1) is 23.2 Å². The average Bonchev–Trinajstić information content (AvgIpc) is 3.73. The van der Waals surface area contributed by atoms with E-state index in [0.717, 1.165) is 69.1 Å². The predicted octanol–water partition coefficient (Wildman–Crippen LogP) is 8.26. The molecule has 0 spiro atoms. The third-order valence-electron chi connectivity index (χ3n) is 12.1. The molecule has 0 radical (unpaired) electrons. The molecule has 9 heteroatoms. The van der Waals surface area contributed by atoms with Gasteiger partial charge in [-0.2, -0.15) is 11.8 Å². The van der Waals surface area contributed by atoms with Gasteiger partial charge in [-0.3, -0.25) is 19.2 Å². The molecule has 2 heterocycles. The number of aliphatic hydroxyl groups is 2. The summed E-state index contributed by atoms with van der Waals surface area (Å²) in [5.74, 6) is 0.781. The summed E-state index contributed by atoms with van der Waals surface area (Å²) in [7, 11) is 0. The van der Waals surface area contributed by atoms with E-state index in [9.17, 15) is 29.4 Å². The molecule has 8 nitrogen and oxygen atoms in total. The first-order chi connectivity index (χ1) is 24.8. The number of nitrogens with one attached hydrogen (secondary N) is 1. The van der Waals surface area contributed by atoms with E-state index >= 15 is 0 Å². The molecule has 52 heavy (non-hydrogen) atoms. The number of aliphatic hydroxyl groups excluding tert-OH is 2. The standard InChI is InChI=1S/C43H65NO7S/c1-28-13-12-14-29(2)23-24-43(5)34(21-20-30(3)36(47)22-19-28)40(31(4)26-45)41(42(43)50)51-39(49)18-9-7-6-8-15-32(46)16-10-11-17-37-33-25-38(48)44-35(33)27-52-37/h13,20,23,31,33-37,45,47H,6-12,14-19,21-22,24-27H2,1-5H3,(H,44,48)/b28-13-,29-23+,30-20+. The SMILES string of the molecule is C/C1=C/CC/C(C)=C/CC2(C)C(=O)C(OC(=O)CCCCCCC(=O)CCCCC3SCC4NC(=O)CC43)=C(C(C)CO)C2C/C=C(\C)C(O)CC1. The average molecular weight is 740 g/mol. The number of fused-ring (bicyclic) bond motifs is 2. The Morgan fingerprint density at radius 1 is 0.981 bits per heavy atom. The highest BCUT2D eigenvalue weighted by Crippen LogP contribution is 2.52. The van der Waals surface area contributed by atoms with Crippen LogP contribution in [0.5, 0.6) is 0 Å². The Balaban J connectivity index is 1.27. The third kappa shape index (κ3) is 11.5. The van der Waals surface area contributed by atoms with Crippen molar-refractivity contribution in [2.24, 2.45) is 23.2 Å². The molecule has 4 rings (SSSR count). The maximum Gasteiger partial charge on any atom is 0.311 e. The molecule has 2 aliphatic carbocycles. The van der Waals surface area contributed by atoms with Crippen molar-refractivity contribution in [3.63, 3.8) is 0 Å². The molecule has 2 fully saturated rings. The summed E-state index contributed by atoms with van der Waals surface area (Å²) in [4.78, 5) is 51.6. The van der Waals surface area contributed by atoms with Crippen LogP contribution in [0.3, 0.4) is 0 Å². The molecule has 2 aliphatic heterocycles. The first-order valence-electron chi connectivity index (χ1n) is 20.0. The minimum atomic E-state index is -0.845. The van der Waals surface area contributed by atoms with Gasteiger partial charge in [0.05, 0.1) is 6.10 Å². The molecule has 0 aromatic heterocycles. The van der Waals surface area contributed by atoms with Gasteiger partial charge in [0.25, 0.3) is 0 Å². The normalized spacial score (nSPS) is 32.3. The maximum atomic E-state index is 14.2. The molecule has 290 valence electrons. The fourth-order valence-corrected chi connectivity index (χ4v) is 10.1. The van der Waals surface area contributed by atoms with Gasteiger partial charge in [-0.25, -0.2) is 0 Å². The number of carbonyl (C=O) groups excluding carboxylic acids is 4. The van der Waals surface area contributed by atoms with Crippen molar-refractivity contribution < 1.29 is 34.1 Å². The van der Waals surface area contributed by atoms with Crippen molar-refractivity contribution >= 4 is 35.2 Å². The van der Waals surface area contributed by atoms with E-state index in [2.05, 4.69) is 31.3 Å². The summed E-state index contributed by atoms with van der Waals surface area (Å²) < 4.78 is 5.92. The Morgan fingerprint density at radius 3 is 2.40 bits per heavy atom. The lowest BCUT2D eigenvalue weighted by Gasteiger charge is -2.32. The number of ether oxygens (including phenoxy) is 1. The van der Waals surface area contributed by atoms with Gasteiger partial charge >= 0.3 is 5.97 Å². The number of ketones is 2. The van der Waals surface area contributed by atoms with Crippen molar-refractivity contribution in [3.8, 4) is 0 Å². The molecule has 0 aromatic carbocycles. The zero-order chi connectivity index (χ0) is 37.8. The first-order valence-corrected chi connectivity index (χ1v) is 21.1. The molecule has 1 amide bonds. The zero-order valence-corrected chi connectivity index (χ0v) is 33.3. The fraction of sp³-hybridized carbons (Fsp3) is 0.721. The molecule has 2 saturated heterocycles. The molecule has 7 atom stereocenters. The number of hydrogen-bond acceptors (Lipinski definition) is 8. The summed E-state index contributed by atoms with van der Waals surface area (Å²) in [6.45, 7) is 9.80. The molecule has 7 unspecified atom stereocenters. The van der Waals surface area contributed by atoms with E-state index in [1.54, 1.807) is 0 Å². The Bertz CT molecular complexity index is 1410. The van der Waals surface area contributed by atoms with Crippen molar-refractivity contribution in [3.05, 3.63) is 46.3 Å². The lowest BCUT2D eigenvalue weighted by molar-refractivity contribution is -0.144. The van der Waals surface area contributed by atoms with E-state index in [1.807, 2.05) is 38.6 Å².